The summed E-state index contributed by atoms with van der Waals surface area (Å²) >= 11 is 0. The molecular weight excluding hydrogens is 330 g/mol. The van der Waals surface area contributed by atoms with Gasteiger partial charge in [-0.25, -0.2) is 0 Å². The van der Waals surface area contributed by atoms with Crippen molar-refractivity contribution in [3.63, 3.8) is 0 Å². The van der Waals surface area contributed by atoms with Crippen molar-refractivity contribution in [2.45, 2.75) is 50.6 Å². The molecule has 0 amide bonds. The zero-order valence-corrected chi connectivity index (χ0v) is 16.3. The van der Waals surface area contributed by atoms with Gasteiger partial charge in [0.25, 0.3) is 0 Å². The minimum atomic E-state index is 0.159. The van der Waals surface area contributed by atoms with Crippen LogP contribution in [-0.2, 0) is 0 Å². The van der Waals surface area contributed by atoms with Gasteiger partial charge >= 0.3 is 0 Å². The van der Waals surface area contributed by atoms with Crippen LogP contribution in [0.4, 0.5) is 5.69 Å². The maximum Gasteiger partial charge on any atom is 0.0599 e. The van der Waals surface area contributed by atoms with Gasteiger partial charge in [0.1, 0.15) is 0 Å². The second-order valence-corrected chi connectivity index (χ2v) is 8.39. The molecule has 1 saturated heterocycles. The third kappa shape index (κ3) is 4.72. The lowest BCUT2D eigenvalue weighted by Crippen LogP contribution is -2.37. The van der Waals surface area contributed by atoms with Crippen molar-refractivity contribution in [2.75, 3.05) is 25.4 Å². The van der Waals surface area contributed by atoms with Crippen LogP contribution in [0.15, 0.2) is 54.6 Å². The predicted molar refractivity (Wildman–Crippen MR) is 114 cm³/mol. The molecule has 2 atom stereocenters. The van der Waals surface area contributed by atoms with Crippen molar-refractivity contribution in [2.24, 2.45) is 5.92 Å². The Labute approximate surface area is 164 Å². The first-order valence-corrected chi connectivity index (χ1v) is 10.7. The van der Waals surface area contributed by atoms with Crippen LogP contribution in [0.25, 0.3) is 0 Å². The number of nitrogen functional groups attached to an aromatic ring is 1. The van der Waals surface area contributed by atoms with E-state index in [1.807, 2.05) is 12.1 Å². The lowest BCUT2D eigenvalue weighted by molar-refractivity contribution is 0.229. The predicted octanol–water partition coefficient (Wildman–Crippen LogP) is 4.60. The van der Waals surface area contributed by atoms with Crippen molar-refractivity contribution in [1.29, 1.82) is 0 Å². The molecule has 1 saturated carbocycles. The molecule has 1 aliphatic carbocycles. The fourth-order valence-corrected chi connectivity index (χ4v) is 4.89. The lowest BCUT2D eigenvalue weighted by Gasteiger charge is -2.28. The minimum absolute atomic E-state index is 0.159. The fraction of sp³-hybridized carbons (Fsp3) is 0.500. The molecule has 3 nitrogen and oxygen atoms in total. The van der Waals surface area contributed by atoms with E-state index in [2.05, 4.69) is 52.7 Å². The van der Waals surface area contributed by atoms with E-state index in [4.69, 9.17) is 5.73 Å². The third-order valence-corrected chi connectivity index (χ3v) is 6.36. The van der Waals surface area contributed by atoms with Gasteiger partial charge in [0.2, 0.25) is 0 Å². The van der Waals surface area contributed by atoms with Gasteiger partial charge in [-0.05, 0) is 48.9 Å². The SMILES string of the molecule is Nc1ccccc1C(NC1CCN(CC2CCCCC2)C1)c1ccccc1. The molecule has 4 rings (SSSR count). The van der Waals surface area contributed by atoms with E-state index in [-0.39, 0.29) is 6.04 Å². The molecule has 2 fully saturated rings. The number of nitrogens with zero attached hydrogens (tertiary/aromatic N) is 1. The van der Waals surface area contributed by atoms with E-state index in [9.17, 15) is 0 Å². The summed E-state index contributed by atoms with van der Waals surface area (Å²) in [5, 5.41) is 3.93. The first-order valence-electron chi connectivity index (χ1n) is 10.7. The van der Waals surface area contributed by atoms with Crippen LogP contribution in [0.2, 0.25) is 0 Å². The molecule has 0 radical (unpaired) electrons. The van der Waals surface area contributed by atoms with Gasteiger partial charge in [0, 0.05) is 24.8 Å². The molecule has 0 spiro atoms. The van der Waals surface area contributed by atoms with E-state index in [0.717, 1.165) is 18.2 Å². The molecule has 2 aliphatic rings. The Hall–Kier alpha value is -1.84. The number of hydrogen-bond acceptors (Lipinski definition) is 3. The molecule has 1 heterocycles. The summed E-state index contributed by atoms with van der Waals surface area (Å²) in [7, 11) is 0. The lowest BCUT2D eigenvalue weighted by atomic mass is 9.89. The number of anilines is 1. The quantitative estimate of drug-likeness (QED) is 0.737. The monoisotopic (exact) mass is 363 g/mol. The Morgan fingerprint density at radius 1 is 0.926 bits per heavy atom. The van der Waals surface area contributed by atoms with Crippen LogP contribution < -0.4 is 11.1 Å². The van der Waals surface area contributed by atoms with Crippen LogP contribution in [0, 0.1) is 5.92 Å². The highest BCUT2D eigenvalue weighted by atomic mass is 15.2. The van der Waals surface area contributed by atoms with Crippen molar-refractivity contribution in [3.05, 3.63) is 65.7 Å². The highest BCUT2D eigenvalue weighted by Crippen LogP contribution is 2.29. The molecule has 0 aromatic heterocycles. The van der Waals surface area contributed by atoms with Crippen LogP contribution in [-0.4, -0.2) is 30.6 Å². The number of para-hydroxylation sites is 1. The molecule has 0 bridgehead atoms. The number of nitrogens with two attached hydrogens (primary N) is 1. The van der Waals surface area contributed by atoms with E-state index < -0.39 is 0 Å². The smallest absolute Gasteiger partial charge is 0.0599 e. The zero-order chi connectivity index (χ0) is 18.5. The van der Waals surface area contributed by atoms with E-state index in [1.165, 1.54) is 62.7 Å². The molecular formula is C24H33N3. The largest absolute Gasteiger partial charge is 0.398 e. The minimum Gasteiger partial charge on any atom is -0.398 e. The zero-order valence-electron chi connectivity index (χ0n) is 16.3. The normalized spacial score (nSPS) is 22.7. The molecule has 2 unspecified atom stereocenters. The molecule has 2 aromatic carbocycles. The van der Waals surface area contributed by atoms with E-state index in [1.54, 1.807) is 0 Å². The molecule has 3 heteroatoms. The van der Waals surface area contributed by atoms with Gasteiger partial charge in [0.05, 0.1) is 6.04 Å². The Morgan fingerprint density at radius 3 is 2.44 bits per heavy atom. The fourth-order valence-electron chi connectivity index (χ4n) is 4.89. The van der Waals surface area contributed by atoms with Crippen molar-refractivity contribution in [3.8, 4) is 0 Å². The first-order chi connectivity index (χ1) is 13.3. The summed E-state index contributed by atoms with van der Waals surface area (Å²) in [6, 6.07) is 19.7. The maximum absolute atomic E-state index is 6.33. The van der Waals surface area contributed by atoms with Crippen LogP contribution in [0.3, 0.4) is 0 Å². The highest BCUT2D eigenvalue weighted by Gasteiger charge is 2.28. The first kappa shape index (κ1) is 18.5. The molecule has 1 aliphatic heterocycles. The van der Waals surface area contributed by atoms with Gasteiger partial charge in [-0.1, -0.05) is 67.8 Å². The second-order valence-electron chi connectivity index (χ2n) is 8.39. The molecule has 2 aromatic rings. The molecule has 3 N–H and O–H groups in total. The molecule has 144 valence electrons. The second kappa shape index (κ2) is 8.90. The van der Waals surface area contributed by atoms with Gasteiger partial charge < -0.3 is 16.0 Å². The summed E-state index contributed by atoms with van der Waals surface area (Å²) in [6.07, 6.45) is 8.40. The van der Waals surface area contributed by atoms with Crippen LogP contribution in [0.5, 0.6) is 0 Å². The van der Waals surface area contributed by atoms with Crippen molar-refractivity contribution >= 4 is 5.69 Å². The van der Waals surface area contributed by atoms with Crippen molar-refractivity contribution < 1.29 is 0 Å². The van der Waals surface area contributed by atoms with Gasteiger partial charge in [-0.3, -0.25) is 0 Å². The summed E-state index contributed by atoms with van der Waals surface area (Å²) in [5.41, 5.74) is 9.69. The third-order valence-electron chi connectivity index (χ3n) is 6.36. The van der Waals surface area contributed by atoms with E-state index >= 15 is 0 Å². The average Bonchev–Trinajstić information content (AvgIpc) is 3.15. The van der Waals surface area contributed by atoms with Crippen molar-refractivity contribution in [1.82, 2.24) is 10.2 Å². The summed E-state index contributed by atoms with van der Waals surface area (Å²) in [5.74, 6) is 0.923. The van der Waals surface area contributed by atoms with Gasteiger partial charge in [-0.2, -0.15) is 0 Å². The van der Waals surface area contributed by atoms with Gasteiger partial charge in [0.15, 0.2) is 0 Å². The number of nitrogens with one attached hydrogen (secondary N) is 1. The average molecular weight is 364 g/mol. The Morgan fingerprint density at radius 2 is 1.67 bits per heavy atom. The molecule has 27 heavy (non-hydrogen) atoms. The maximum atomic E-state index is 6.33. The van der Waals surface area contributed by atoms with Crippen LogP contribution in [0.1, 0.15) is 55.7 Å². The Kier molecular flexibility index (Phi) is 6.10. The highest BCUT2D eigenvalue weighted by molar-refractivity contribution is 5.51. The summed E-state index contributed by atoms with van der Waals surface area (Å²) in [6.45, 7) is 3.67. The topological polar surface area (TPSA) is 41.3 Å². The van der Waals surface area contributed by atoms with E-state index in [0.29, 0.717) is 6.04 Å². The standard InChI is InChI=1S/C24H33N3/c25-23-14-8-7-13-22(23)24(20-11-5-2-6-12-20)26-21-15-16-27(18-21)17-19-9-3-1-4-10-19/h2,5-8,11-14,19,21,24,26H,1,3-4,9-10,15-18,25H2. The van der Waals surface area contributed by atoms with Crippen LogP contribution >= 0.6 is 0 Å². The number of benzene rings is 2. The number of rotatable bonds is 6. The summed E-state index contributed by atoms with van der Waals surface area (Å²) in [4.78, 5) is 2.68. The Bertz CT molecular complexity index is 709. The number of hydrogen-bond donors (Lipinski definition) is 2. The summed E-state index contributed by atoms with van der Waals surface area (Å²) < 4.78 is 0. The van der Waals surface area contributed by atoms with Gasteiger partial charge in [-0.15, -0.1) is 0 Å². The Balaban J connectivity index is 1.44. The number of likely N-dealkylation sites (tertiary alicyclic amines) is 1.